The number of likely N-dealkylation sites (tertiary alicyclic amines) is 1. The lowest BCUT2D eigenvalue weighted by molar-refractivity contribution is -0.133. The zero-order valence-electron chi connectivity index (χ0n) is 12.7. The van der Waals surface area contributed by atoms with Crippen molar-refractivity contribution in [2.45, 2.75) is 64.8 Å². The molecule has 1 aliphatic carbocycles. The summed E-state index contributed by atoms with van der Waals surface area (Å²) < 4.78 is 0. The molecule has 3 nitrogen and oxygen atoms in total. The lowest BCUT2D eigenvalue weighted by Crippen LogP contribution is -2.49. The highest BCUT2D eigenvalue weighted by atomic mass is 16.2. The minimum absolute atomic E-state index is 0.349. The Morgan fingerprint density at radius 3 is 2.63 bits per heavy atom. The van der Waals surface area contributed by atoms with Crippen LogP contribution in [0.3, 0.4) is 0 Å². The highest BCUT2D eigenvalue weighted by molar-refractivity contribution is 5.76. The number of hydrogen-bond acceptors (Lipinski definition) is 2. The van der Waals surface area contributed by atoms with Gasteiger partial charge < -0.3 is 10.2 Å². The molecule has 2 fully saturated rings. The van der Waals surface area contributed by atoms with Gasteiger partial charge in [0.25, 0.3) is 0 Å². The topological polar surface area (TPSA) is 32.3 Å². The second-order valence-electron chi connectivity index (χ2n) is 6.84. The molecule has 19 heavy (non-hydrogen) atoms. The summed E-state index contributed by atoms with van der Waals surface area (Å²) in [5, 5.41) is 3.71. The SMILES string of the molecule is CC(C)CC(=O)N1CCCC(NCC2CCCC2)C1. The number of rotatable bonds is 5. The Morgan fingerprint density at radius 1 is 1.21 bits per heavy atom. The maximum absolute atomic E-state index is 12.1. The van der Waals surface area contributed by atoms with E-state index in [1.807, 2.05) is 0 Å². The molecule has 1 aliphatic heterocycles. The first kappa shape index (κ1) is 14.8. The molecule has 1 heterocycles. The van der Waals surface area contributed by atoms with Crippen LogP contribution in [0.25, 0.3) is 0 Å². The van der Waals surface area contributed by atoms with E-state index in [0.29, 0.717) is 24.3 Å². The molecule has 0 spiro atoms. The van der Waals surface area contributed by atoms with E-state index in [1.54, 1.807) is 0 Å². The summed E-state index contributed by atoms with van der Waals surface area (Å²) in [6.07, 6.45) is 8.72. The third-order valence-electron chi connectivity index (χ3n) is 4.53. The molecule has 1 saturated carbocycles. The lowest BCUT2D eigenvalue weighted by atomic mass is 10.0. The number of amides is 1. The molecular formula is C16H30N2O. The van der Waals surface area contributed by atoms with Crippen LogP contribution in [0.5, 0.6) is 0 Å². The lowest BCUT2D eigenvalue weighted by Gasteiger charge is -2.34. The molecule has 0 aromatic rings. The highest BCUT2D eigenvalue weighted by Gasteiger charge is 2.24. The van der Waals surface area contributed by atoms with Crippen LogP contribution in [-0.2, 0) is 4.79 Å². The van der Waals surface area contributed by atoms with Gasteiger partial charge in [-0.05, 0) is 44.1 Å². The molecule has 0 aromatic carbocycles. The van der Waals surface area contributed by atoms with Crippen molar-refractivity contribution in [2.75, 3.05) is 19.6 Å². The predicted molar refractivity (Wildman–Crippen MR) is 79.0 cm³/mol. The van der Waals surface area contributed by atoms with Crippen LogP contribution in [0.1, 0.15) is 58.8 Å². The number of nitrogens with zero attached hydrogens (tertiary/aromatic N) is 1. The zero-order valence-corrected chi connectivity index (χ0v) is 12.7. The fourth-order valence-corrected chi connectivity index (χ4v) is 3.40. The van der Waals surface area contributed by atoms with E-state index in [0.717, 1.165) is 32.0 Å². The Morgan fingerprint density at radius 2 is 1.95 bits per heavy atom. The molecule has 110 valence electrons. The summed E-state index contributed by atoms with van der Waals surface area (Å²) in [5.74, 6) is 1.71. The van der Waals surface area contributed by atoms with E-state index < -0.39 is 0 Å². The van der Waals surface area contributed by atoms with Crippen LogP contribution in [0.15, 0.2) is 0 Å². The van der Waals surface area contributed by atoms with Crippen LogP contribution in [-0.4, -0.2) is 36.5 Å². The number of carbonyl (C=O) groups is 1. The van der Waals surface area contributed by atoms with Gasteiger partial charge in [-0.2, -0.15) is 0 Å². The quantitative estimate of drug-likeness (QED) is 0.830. The van der Waals surface area contributed by atoms with E-state index in [-0.39, 0.29) is 0 Å². The Kier molecular flexibility index (Phi) is 5.68. The summed E-state index contributed by atoms with van der Waals surface area (Å²) in [7, 11) is 0. The average Bonchev–Trinajstić information content (AvgIpc) is 2.89. The predicted octanol–water partition coefficient (Wildman–Crippen LogP) is 2.80. The van der Waals surface area contributed by atoms with Crippen molar-refractivity contribution in [1.82, 2.24) is 10.2 Å². The van der Waals surface area contributed by atoms with E-state index in [2.05, 4.69) is 24.1 Å². The van der Waals surface area contributed by atoms with Crippen LogP contribution < -0.4 is 5.32 Å². The van der Waals surface area contributed by atoms with Crippen molar-refractivity contribution in [3.63, 3.8) is 0 Å². The summed E-state index contributed by atoms with van der Waals surface area (Å²) >= 11 is 0. The van der Waals surface area contributed by atoms with Crippen molar-refractivity contribution in [3.8, 4) is 0 Å². The van der Waals surface area contributed by atoms with E-state index >= 15 is 0 Å². The Hall–Kier alpha value is -0.570. The van der Waals surface area contributed by atoms with Crippen molar-refractivity contribution < 1.29 is 4.79 Å². The Bertz CT molecular complexity index is 284. The molecule has 2 rings (SSSR count). The van der Waals surface area contributed by atoms with Gasteiger partial charge in [-0.1, -0.05) is 26.7 Å². The minimum Gasteiger partial charge on any atom is -0.341 e. The van der Waals surface area contributed by atoms with Gasteiger partial charge in [0, 0.05) is 25.6 Å². The van der Waals surface area contributed by atoms with Gasteiger partial charge >= 0.3 is 0 Å². The van der Waals surface area contributed by atoms with Gasteiger partial charge in [-0.15, -0.1) is 0 Å². The zero-order chi connectivity index (χ0) is 13.7. The van der Waals surface area contributed by atoms with Gasteiger partial charge in [-0.25, -0.2) is 0 Å². The largest absolute Gasteiger partial charge is 0.341 e. The first-order valence-corrected chi connectivity index (χ1v) is 8.16. The maximum Gasteiger partial charge on any atom is 0.222 e. The Balaban J connectivity index is 1.71. The van der Waals surface area contributed by atoms with Gasteiger partial charge in [0.1, 0.15) is 0 Å². The summed E-state index contributed by atoms with van der Waals surface area (Å²) in [6.45, 7) is 7.30. The number of hydrogen-bond donors (Lipinski definition) is 1. The maximum atomic E-state index is 12.1. The summed E-state index contributed by atoms with van der Waals surface area (Å²) in [5.41, 5.74) is 0. The molecule has 2 aliphatic rings. The molecule has 1 atom stereocenters. The molecule has 1 N–H and O–H groups in total. The van der Waals surface area contributed by atoms with Crippen LogP contribution in [0.2, 0.25) is 0 Å². The number of piperidine rings is 1. The van der Waals surface area contributed by atoms with Crippen molar-refractivity contribution in [2.24, 2.45) is 11.8 Å². The van der Waals surface area contributed by atoms with E-state index in [9.17, 15) is 4.79 Å². The van der Waals surface area contributed by atoms with Crippen molar-refractivity contribution in [1.29, 1.82) is 0 Å². The number of nitrogens with one attached hydrogen (secondary N) is 1. The van der Waals surface area contributed by atoms with Crippen molar-refractivity contribution >= 4 is 5.91 Å². The minimum atomic E-state index is 0.349. The van der Waals surface area contributed by atoms with Crippen LogP contribution >= 0.6 is 0 Å². The molecular weight excluding hydrogens is 236 g/mol. The highest BCUT2D eigenvalue weighted by Crippen LogP contribution is 2.24. The molecule has 0 bridgehead atoms. The van der Waals surface area contributed by atoms with Crippen LogP contribution in [0.4, 0.5) is 0 Å². The van der Waals surface area contributed by atoms with Gasteiger partial charge in [-0.3, -0.25) is 4.79 Å². The fraction of sp³-hybridized carbons (Fsp3) is 0.938. The monoisotopic (exact) mass is 266 g/mol. The van der Waals surface area contributed by atoms with E-state index in [4.69, 9.17) is 0 Å². The van der Waals surface area contributed by atoms with Gasteiger partial charge in [0.15, 0.2) is 0 Å². The molecule has 0 radical (unpaired) electrons. The standard InChI is InChI=1S/C16H30N2O/c1-13(2)10-16(19)18-9-5-8-15(12-18)17-11-14-6-3-4-7-14/h13-15,17H,3-12H2,1-2H3. The molecule has 3 heteroatoms. The first-order valence-electron chi connectivity index (χ1n) is 8.16. The second-order valence-corrected chi connectivity index (χ2v) is 6.84. The number of carbonyl (C=O) groups excluding carboxylic acids is 1. The van der Waals surface area contributed by atoms with Crippen LogP contribution in [0, 0.1) is 11.8 Å². The first-order chi connectivity index (χ1) is 9.15. The normalized spacial score (nSPS) is 25.2. The summed E-state index contributed by atoms with van der Waals surface area (Å²) in [4.78, 5) is 14.2. The molecule has 0 aromatic heterocycles. The Labute approximate surface area is 118 Å². The van der Waals surface area contributed by atoms with Gasteiger partial charge in [0.2, 0.25) is 5.91 Å². The molecule has 1 amide bonds. The van der Waals surface area contributed by atoms with Gasteiger partial charge in [0.05, 0.1) is 0 Å². The third-order valence-corrected chi connectivity index (χ3v) is 4.53. The third kappa shape index (κ3) is 4.79. The summed E-state index contributed by atoms with van der Waals surface area (Å²) in [6, 6.07) is 0.533. The van der Waals surface area contributed by atoms with E-state index in [1.165, 1.54) is 32.1 Å². The smallest absolute Gasteiger partial charge is 0.222 e. The average molecular weight is 266 g/mol. The molecule has 1 saturated heterocycles. The fourth-order valence-electron chi connectivity index (χ4n) is 3.40. The molecule has 1 unspecified atom stereocenters. The van der Waals surface area contributed by atoms with Crippen molar-refractivity contribution in [3.05, 3.63) is 0 Å². The second kappa shape index (κ2) is 7.28.